The smallest absolute Gasteiger partial charge is 0.326 e. The summed E-state index contributed by atoms with van der Waals surface area (Å²) in [4.78, 5) is 23.1. The molecule has 0 saturated carbocycles. The number of ether oxygens (including phenoxy) is 1. The van der Waals surface area contributed by atoms with Gasteiger partial charge in [0.2, 0.25) is 0 Å². The predicted octanol–water partition coefficient (Wildman–Crippen LogP) is 3.11. The first kappa shape index (κ1) is 16.0. The van der Waals surface area contributed by atoms with E-state index in [2.05, 4.69) is 0 Å². The Morgan fingerprint density at radius 3 is 2.35 bits per heavy atom. The molecule has 0 spiro atoms. The number of rotatable bonds is 5. The van der Waals surface area contributed by atoms with Crippen LogP contribution in [0, 0.1) is 0 Å². The molecule has 1 unspecified atom stereocenters. The molecule has 0 N–H and O–H groups in total. The molecule has 0 aliphatic heterocycles. The van der Waals surface area contributed by atoms with Crippen LogP contribution < -0.4 is 0 Å². The highest BCUT2D eigenvalue weighted by molar-refractivity contribution is 8.15. The number of hydrogen-bond acceptors (Lipinski definition) is 4. The molecule has 0 bridgehead atoms. The summed E-state index contributed by atoms with van der Waals surface area (Å²) in [5.74, 6) is -0.385. The van der Waals surface area contributed by atoms with E-state index in [1.807, 2.05) is 26.0 Å². The summed E-state index contributed by atoms with van der Waals surface area (Å²) in [6.07, 6.45) is 5.53. The van der Waals surface area contributed by atoms with Gasteiger partial charge in [-0.1, -0.05) is 35.6 Å². The molecule has 0 aliphatic carbocycles. The van der Waals surface area contributed by atoms with Crippen LogP contribution in [-0.4, -0.2) is 22.4 Å². The highest BCUT2D eigenvalue weighted by atomic mass is 32.2. The Morgan fingerprint density at radius 1 is 1.35 bits per heavy atom. The number of carbonyl (C=O) groups excluding carboxylic acids is 2. The standard InChI is InChI=1S/C13H20O3S/c1-6-8-10(3)9-13(5,17-11(4)14)12(15)16-7-2/h6,8-9H,7H2,1-5H3/b8-6+,10-9+. The molecular formula is C13H20O3S. The lowest BCUT2D eigenvalue weighted by Gasteiger charge is -2.22. The summed E-state index contributed by atoms with van der Waals surface area (Å²) in [6.45, 7) is 8.99. The first-order valence-corrected chi connectivity index (χ1v) is 6.36. The van der Waals surface area contributed by atoms with Crippen LogP contribution in [0.1, 0.15) is 34.6 Å². The molecule has 17 heavy (non-hydrogen) atoms. The molecule has 0 fully saturated rings. The lowest BCUT2D eigenvalue weighted by Crippen LogP contribution is -2.33. The van der Waals surface area contributed by atoms with E-state index in [9.17, 15) is 9.59 Å². The lowest BCUT2D eigenvalue weighted by atomic mass is 10.1. The molecule has 0 saturated heterocycles. The SMILES string of the molecule is C/C=C/C(C)=C/C(C)(SC(C)=O)C(=O)OCC. The van der Waals surface area contributed by atoms with Gasteiger partial charge in [-0.25, -0.2) is 0 Å². The van der Waals surface area contributed by atoms with Crippen molar-refractivity contribution in [2.24, 2.45) is 0 Å². The number of carbonyl (C=O) groups is 2. The molecule has 0 radical (unpaired) electrons. The van der Waals surface area contributed by atoms with Gasteiger partial charge in [0.15, 0.2) is 5.12 Å². The summed E-state index contributed by atoms with van der Waals surface area (Å²) < 4.78 is 4.05. The Balaban J connectivity index is 5.16. The maximum atomic E-state index is 11.9. The average Bonchev–Trinajstić information content (AvgIpc) is 2.16. The van der Waals surface area contributed by atoms with Gasteiger partial charge < -0.3 is 4.74 Å². The van der Waals surface area contributed by atoms with E-state index in [1.54, 1.807) is 19.9 Å². The summed E-state index contributed by atoms with van der Waals surface area (Å²) in [5, 5.41) is -0.106. The van der Waals surface area contributed by atoms with Crippen LogP contribution >= 0.6 is 11.8 Å². The van der Waals surface area contributed by atoms with Gasteiger partial charge in [-0.2, -0.15) is 0 Å². The summed E-state index contributed by atoms with van der Waals surface area (Å²) >= 11 is 0.980. The van der Waals surface area contributed by atoms with E-state index in [0.29, 0.717) is 6.61 Å². The zero-order valence-corrected chi connectivity index (χ0v) is 11.9. The topological polar surface area (TPSA) is 43.4 Å². The third-order valence-electron chi connectivity index (χ3n) is 1.97. The zero-order chi connectivity index (χ0) is 13.5. The first-order chi connectivity index (χ1) is 7.85. The van der Waals surface area contributed by atoms with E-state index in [1.165, 1.54) is 6.92 Å². The van der Waals surface area contributed by atoms with Gasteiger partial charge in [-0.05, 0) is 27.7 Å². The molecule has 1 atom stereocenters. The normalized spacial score (nSPS) is 15.7. The minimum Gasteiger partial charge on any atom is -0.465 e. The van der Waals surface area contributed by atoms with Gasteiger partial charge in [-0.15, -0.1) is 0 Å². The molecule has 4 heteroatoms. The van der Waals surface area contributed by atoms with Gasteiger partial charge >= 0.3 is 5.97 Å². The molecule has 0 aliphatic rings. The molecule has 0 aromatic rings. The van der Waals surface area contributed by atoms with Crippen LogP contribution in [0.25, 0.3) is 0 Å². The van der Waals surface area contributed by atoms with Crippen molar-refractivity contribution in [3.63, 3.8) is 0 Å². The maximum absolute atomic E-state index is 11.9. The van der Waals surface area contributed by atoms with Crippen molar-refractivity contribution in [3.8, 4) is 0 Å². The van der Waals surface area contributed by atoms with Crippen molar-refractivity contribution in [3.05, 3.63) is 23.8 Å². The molecule has 0 amide bonds. The highest BCUT2D eigenvalue weighted by Gasteiger charge is 2.35. The minimum absolute atomic E-state index is 0.106. The third kappa shape index (κ3) is 5.73. The molecule has 0 aromatic heterocycles. The summed E-state index contributed by atoms with van der Waals surface area (Å²) in [7, 11) is 0. The van der Waals surface area contributed by atoms with Gasteiger partial charge in [0, 0.05) is 6.92 Å². The van der Waals surface area contributed by atoms with Crippen molar-refractivity contribution in [1.82, 2.24) is 0 Å². The quantitative estimate of drug-likeness (QED) is 0.560. The predicted molar refractivity (Wildman–Crippen MR) is 71.9 cm³/mol. The number of hydrogen-bond donors (Lipinski definition) is 0. The Kier molecular flexibility index (Phi) is 6.88. The maximum Gasteiger partial charge on any atom is 0.326 e. The zero-order valence-electron chi connectivity index (χ0n) is 11.1. The van der Waals surface area contributed by atoms with E-state index in [-0.39, 0.29) is 11.1 Å². The van der Waals surface area contributed by atoms with Crippen LogP contribution in [-0.2, 0) is 14.3 Å². The van der Waals surface area contributed by atoms with Crippen LogP contribution in [0.15, 0.2) is 23.8 Å². The number of esters is 1. The van der Waals surface area contributed by atoms with Crippen LogP contribution in [0.4, 0.5) is 0 Å². The van der Waals surface area contributed by atoms with Gasteiger partial charge in [0.1, 0.15) is 4.75 Å². The Bertz CT molecular complexity index is 345. The first-order valence-electron chi connectivity index (χ1n) is 5.54. The Morgan fingerprint density at radius 2 is 1.94 bits per heavy atom. The van der Waals surface area contributed by atoms with E-state index in [4.69, 9.17) is 4.74 Å². The monoisotopic (exact) mass is 256 g/mol. The van der Waals surface area contributed by atoms with Crippen molar-refractivity contribution < 1.29 is 14.3 Å². The largest absolute Gasteiger partial charge is 0.465 e. The third-order valence-corrected chi connectivity index (χ3v) is 2.97. The van der Waals surface area contributed by atoms with E-state index < -0.39 is 4.75 Å². The van der Waals surface area contributed by atoms with Crippen LogP contribution in [0.5, 0.6) is 0 Å². The molecule has 96 valence electrons. The fraction of sp³-hybridized carbons (Fsp3) is 0.538. The van der Waals surface area contributed by atoms with Crippen molar-refractivity contribution in [2.45, 2.75) is 39.4 Å². The Labute approximate surface area is 107 Å². The summed E-state index contributed by atoms with van der Waals surface area (Å²) in [6, 6.07) is 0. The van der Waals surface area contributed by atoms with Crippen LogP contribution in [0.3, 0.4) is 0 Å². The second-order valence-corrected chi connectivity index (χ2v) is 5.44. The van der Waals surface area contributed by atoms with Gasteiger partial charge in [-0.3, -0.25) is 9.59 Å². The number of allylic oxidation sites excluding steroid dienone is 3. The highest BCUT2D eigenvalue weighted by Crippen LogP contribution is 2.30. The van der Waals surface area contributed by atoms with Gasteiger partial charge in [0.05, 0.1) is 6.61 Å². The fourth-order valence-electron chi connectivity index (χ4n) is 1.45. The Hall–Kier alpha value is -1.03. The van der Waals surface area contributed by atoms with Gasteiger partial charge in [0.25, 0.3) is 0 Å². The molecular weight excluding hydrogens is 236 g/mol. The fourth-order valence-corrected chi connectivity index (χ4v) is 2.43. The van der Waals surface area contributed by atoms with E-state index in [0.717, 1.165) is 17.3 Å². The molecule has 3 nitrogen and oxygen atoms in total. The average molecular weight is 256 g/mol. The van der Waals surface area contributed by atoms with E-state index >= 15 is 0 Å². The number of thioether (sulfide) groups is 1. The molecule has 0 aromatic carbocycles. The second kappa shape index (κ2) is 7.33. The molecule has 0 rings (SSSR count). The minimum atomic E-state index is -0.953. The molecule has 0 heterocycles. The second-order valence-electron chi connectivity index (χ2n) is 3.81. The summed E-state index contributed by atoms with van der Waals surface area (Å²) in [5.41, 5.74) is 0.928. The van der Waals surface area contributed by atoms with Crippen molar-refractivity contribution in [2.75, 3.05) is 6.61 Å². The van der Waals surface area contributed by atoms with Crippen molar-refractivity contribution >= 4 is 22.8 Å². The van der Waals surface area contributed by atoms with Crippen LogP contribution in [0.2, 0.25) is 0 Å². The lowest BCUT2D eigenvalue weighted by molar-refractivity contribution is -0.144. The van der Waals surface area contributed by atoms with Crippen molar-refractivity contribution in [1.29, 1.82) is 0 Å².